The summed E-state index contributed by atoms with van der Waals surface area (Å²) in [5.74, 6) is -1.52. The van der Waals surface area contributed by atoms with Gasteiger partial charge in [0.15, 0.2) is 17.3 Å². The van der Waals surface area contributed by atoms with Crippen LogP contribution in [0.2, 0.25) is 0 Å². The number of carbonyl (C=O) groups excluding carboxylic acids is 3. The van der Waals surface area contributed by atoms with E-state index in [4.69, 9.17) is 9.47 Å². The largest absolute Gasteiger partial charge is 0.493 e. The smallest absolute Gasteiger partial charge is 0.240 e. The van der Waals surface area contributed by atoms with Crippen molar-refractivity contribution in [3.05, 3.63) is 108 Å². The Morgan fingerprint density at radius 2 is 1.48 bits per heavy atom. The SMILES string of the molecule is COc1ccc(C(=O)[C@@H]2[C@@H]3C(=O)N(c4ccc5ccccc5c4)C(=O)[C@@H]3C3c4ccccc4C=CN32)cc1OC. The molecule has 4 atom stereocenters. The number of methoxy groups -OCH3 is 2. The number of hydrogen-bond donors (Lipinski definition) is 0. The third-order valence-corrected chi connectivity index (χ3v) is 8.39. The average molecular weight is 531 g/mol. The summed E-state index contributed by atoms with van der Waals surface area (Å²) < 4.78 is 10.8. The molecular formula is C33H26N2O5. The number of fused-ring (bicyclic) bond motifs is 6. The molecule has 1 unspecified atom stereocenters. The number of ether oxygens (including phenoxy) is 2. The van der Waals surface area contributed by atoms with Gasteiger partial charge in [-0.25, -0.2) is 4.90 Å². The van der Waals surface area contributed by atoms with Crippen molar-refractivity contribution in [2.45, 2.75) is 12.1 Å². The molecule has 2 amide bonds. The predicted molar refractivity (Wildman–Crippen MR) is 151 cm³/mol. The monoisotopic (exact) mass is 530 g/mol. The zero-order valence-corrected chi connectivity index (χ0v) is 22.0. The standard InChI is InChI=1S/C33H26N2O5/c1-39-25-14-12-22(18-26(25)40-2)31(36)30-28-27(29-24-10-6-5-8-20(24)15-16-34(29)30)32(37)35(33(28)38)23-13-11-19-7-3-4-9-21(19)17-23/h3-18,27-30H,1-2H3/t27-,28+,29?,30-/m0/s1. The van der Waals surface area contributed by atoms with E-state index in [1.165, 1.54) is 19.1 Å². The Bertz CT molecular complexity index is 1740. The normalized spacial score (nSPS) is 22.8. The molecule has 0 radical (unpaired) electrons. The van der Waals surface area contributed by atoms with Gasteiger partial charge in [-0.1, -0.05) is 54.6 Å². The summed E-state index contributed by atoms with van der Waals surface area (Å²) in [5.41, 5.74) is 2.82. The molecule has 2 fully saturated rings. The second-order valence-electron chi connectivity index (χ2n) is 10.3. The highest BCUT2D eigenvalue weighted by Crippen LogP contribution is 2.54. The average Bonchev–Trinajstić information content (AvgIpc) is 3.48. The minimum absolute atomic E-state index is 0.246. The lowest BCUT2D eigenvalue weighted by atomic mass is 9.83. The Morgan fingerprint density at radius 1 is 0.750 bits per heavy atom. The molecule has 2 saturated heterocycles. The molecule has 7 rings (SSSR count). The van der Waals surface area contributed by atoms with E-state index in [0.29, 0.717) is 22.7 Å². The van der Waals surface area contributed by atoms with Gasteiger partial charge in [0.25, 0.3) is 0 Å². The fraction of sp³-hybridized carbons (Fsp3) is 0.182. The topological polar surface area (TPSA) is 76.2 Å². The molecule has 3 heterocycles. The first-order valence-corrected chi connectivity index (χ1v) is 13.2. The molecule has 0 N–H and O–H groups in total. The zero-order chi connectivity index (χ0) is 27.5. The van der Waals surface area contributed by atoms with Crippen molar-refractivity contribution in [3.8, 4) is 11.5 Å². The Labute approximate surface area is 231 Å². The van der Waals surface area contributed by atoms with E-state index in [9.17, 15) is 14.4 Å². The van der Waals surface area contributed by atoms with Crippen molar-refractivity contribution in [3.63, 3.8) is 0 Å². The number of hydrogen-bond acceptors (Lipinski definition) is 6. The quantitative estimate of drug-likeness (QED) is 0.259. The van der Waals surface area contributed by atoms with Crippen LogP contribution in [0.15, 0.2) is 91.1 Å². The van der Waals surface area contributed by atoms with Crippen LogP contribution in [0.4, 0.5) is 5.69 Å². The van der Waals surface area contributed by atoms with Crippen LogP contribution in [-0.4, -0.2) is 42.8 Å². The van der Waals surface area contributed by atoms with Gasteiger partial charge in [-0.3, -0.25) is 14.4 Å². The Kier molecular flexibility index (Phi) is 5.49. The third-order valence-electron chi connectivity index (χ3n) is 8.39. The minimum Gasteiger partial charge on any atom is -0.493 e. The molecule has 0 aromatic heterocycles. The fourth-order valence-electron chi connectivity index (χ4n) is 6.59. The molecule has 3 aliphatic heterocycles. The summed E-state index contributed by atoms with van der Waals surface area (Å²) in [5, 5.41) is 1.95. The Morgan fingerprint density at radius 3 is 2.27 bits per heavy atom. The molecule has 0 spiro atoms. The molecule has 7 nitrogen and oxygen atoms in total. The number of imide groups is 1. The van der Waals surface area contributed by atoms with E-state index >= 15 is 0 Å². The van der Waals surface area contributed by atoms with E-state index in [0.717, 1.165) is 21.9 Å². The lowest BCUT2D eigenvalue weighted by Crippen LogP contribution is -2.44. The van der Waals surface area contributed by atoms with Crippen LogP contribution in [-0.2, 0) is 9.59 Å². The van der Waals surface area contributed by atoms with Gasteiger partial charge in [0.05, 0.1) is 37.8 Å². The number of carbonyl (C=O) groups is 3. The van der Waals surface area contributed by atoms with Crippen LogP contribution in [0.1, 0.15) is 27.5 Å². The molecule has 198 valence electrons. The van der Waals surface area contributed by atoms with Gasteiger partial charge in [-0.2, -0.15) is 0 Å². The Hall–Kier alpha value is -4.91. The maximum absolute atomic E-state index is 14.2. The number of benzene rings is 4. The van der Waals surface area contributed by atoms with Crippen LogP contribution in [0.3, 0.4) is 0 Å². The minimum atomic E-state index is -0.861. The fourth-order valence-corrected chi connectivity index (χ4v) is 6.59. The highest BCUT2D eigenvalue weighted by molar-refractivity contribution is 6.25. The summed E-state index contributed by atoms with van der Waals surface area (Å²) in [6, 6.07) is 24.9. The summed E-state index contributed by atoms with van der Waals surface area (Å²) in [6.45, 7) is 0. The van der Waals surface area contributed by atoms with Gasteiger partial charge >= 0.3 is 0 Å². The number of anilines is 1. The summed E-state index contributed by atoms with van der Waals surface area (Å²) in [6.07, 6.45) is 3.80. The molecule has 0 aliphatic carbocycles. The number of amides is 2. The second kappa shape index (κ2) is 9.09. The molecular weight excluding hydrogens is 504 g/mol. The number of nitrogens with zero attached hydrogens (tertiary/aromatic N) is 2. The first-order chi connectivity index (χ1) is 19.5. The van der Waals surface area contributed by atoms with Crippen molar-refractivity contribution in [2.24, 2.45) is 11.8 Å². The molecule has 4 aromatic carbocycles. The second-order valence-corrected chi connectivity index (χ2v) is 10.3. The lowest BCUT2D eigenvalue weighted by molar-refractivity contribution is -0.123. The van der Waals surface area contributed by atoms with Gasteiger partial charge in [-0.05, 0) is 58.3 Å². The van der Waals surface area contributed by atoms with E-state index < -0.39 is 23.9 Å². The van der Waals surface area contributed by atoms with Crippen LogP contribution < -0.4 is 14.4 Å². The van der Waals surface area contributed by atoms with E-state index in [1.54, 1.807) is 24.3 Å². The first kappa shape index (κ1) is 24.2. The maximum atomic E-state index is 14.2. The summed E-state index contributed by atoms with van der Waals surface area (Å²) in [4.78, 5) is 45.8. The van der Waals surface area contributed by atoms with Crippen molar-refractivity contribution < 1.29 is 23.9 Å². The van der Waals surface area contributed by atoms with E-state index in [2.05, 4.69) is 0 Å². The van der Waals surface area contributed by atoms with Crippen LogP contribution in [0.5, 0.6) is 11.5 Å². The Balaban J connectivity index is 1.36. The molecule has 40 heavy (non-hydrogen) atoms. The van der Waals surface area contributed by atoms with E-state index in [1.807, 2.05) is 77.8 Å². The summed E-state index contributed by atoms with van der Waals surface area (Å²) >= 11 is 0. The molecule has 3 aliphatic rings. The summed E-state index contributed by atoms with van der Waals surface area (Å²) in [7, 11) is 3.05. The number of Topliss-reactive ketones (excluding diaryl/α,β-unsaturated/α-hetero) is 1. The van der Waals surface area contributed by atoms with Crippen LogP contribution in [0, 0.1) is 11.8 Å². The van der Waals surface area contributed by atoms with Crippen LogP contribution >= 0.6 is 0 Å². The third kappa shape index (κ3) is 3.40. The zero-order valence-electron chi connectivity index (χ0n) is 22.0. The lowest BCUT2D eigenvalue weighted by Gasteiger charge is -2.35. The van der Waals surface area contributed by atoms with E-state index in [-0.39, 0.29) is 17.6 Å². The highest BCUT2D eigenvalue weighted by Gasteiger charge is 2.64. The predicted octanol–water partition coefficient (Wildman–Crippen LogP) is 5.26. The maximum Gasteiger partial charge on any atom is 0.240 e. The first-order valence-electron chi connectivity index (χ1n) is 13.2. The van der Waals surface area contributed by atoms with Crippen molar-refractivity contribution in [1.82, 2.24) is 4.90 Å². The highest BCUT2D eigenvalue weighted by atomic mass is 16.5. The van der Waals surface area contributed by atoms with Crippen LogP contribution in [0.25, 0.3) is 16.8 Å². The van der Waals surface area contributed by atoms with Gasteiger partial charge in [-0.15, -0.1) is 0 Å². The molecule has 0 saturated carbocycles. The van der Waals surface area contributed by atoms with Gasteiger partial charge < -0.3 is 14.4 Å². The van der Waals surface area contributed by atoms with Crippen molar-refractivity contribution >= 4 is 40.1 Å². The van der Waals surface area contributed by atoms with Crippen molar-refractivity contribution in [1.29, 1.82) is 0 Å². The molecule has 7 heteroatoms. The number of rotatable bonds is 5. The van der Waals surface area contributed by atoms with Gasteiger partial charge in [0.2, 0.25) is 11.8 Å². The van der Waals surface area contributed by atoms with Crippen molar-refractivity contribution in [2.75, 3.05) is 19.1 Å². The molecule has 4 aromatic rings. The van der Waals surface area contributed by atoms with Gasteiger partial charge in [0.1, 0.15) is 6.04 Å². The molecule has 0 bridgehead atoms. The number of ketones is 1. The van der Waals surface area contributed by atoms with Gasteiger partial charge in [0, 0.05) is 11.8 Å².